The van der Waals surface area contributed by atoms with E-state index in [9.17, 15) is 4.79 Å². The molecule has 0 radical (unpaired) electrons. The molecule has 0 unspecified atom stereocenters. The van der Waals surface area contributed by atoms with Gasteiger partial charge in [0.25, 0.3) is 0 Å². The number of rotatable bonds is 5. The Morgan fingerprint density at radius 3 is 2.52 bits per heavy atom. The molecule has 6 heteroatoms. The predicted molar refractivity (Wildman–Crippen MR) is 105 cm³/mol. The minimum absolute atomic E-state index is 0.0469. The van der Waals surface area contributed by atoms with E-state index in [1.54, 1.807) is 0 Å². The van der Waals surface area contributed by atoms with Gasteiger partial charge in [0.05, 0.1) is 12.7 Å². The molecular weight excluding hydrogens is 338 g/mol. The number of amides is 2. The van der Waals surface area contributed by atoms with Crippen LogP contribution in [0.3, 0.4) is 0 Å². The van der Waals surface area contributed by atoms with Gasteiger partial charge in [-0.1, -0.05) is 30.3 Å². The Balaban J connectivity index is 1.21. The summed E-state index contributed by atoms with van der Waals surface area (Å²) < 4.78 is 1.92. The molecule has 2 saturated heterocycles. The molecule has 1 aromatic carbocycles. The first-order chi connectivity index (χ1) is 13.3. The van der Waals surface area contributed by atoms with Gasteiger partial charge in [-0.2, -0.15) is 5.10 Å². The number of benzene rings is 1. The van der Waals surface area contributed by atoms with E-state index in [4.69, 9.17) is 0 Å². The van der Waals surface area contributed by atoms with Crippen LogP contribution in [0.1, 0.15) is 36.8 Å². The molecule has 3 heterocycles. The van der Waals surface area contributed by atoms with Crippen LogP contribution >= 0.6 is 0 Å². The van der Waals surface area contributed by atoms with Crippen molar-refractivity contribution in [2.75, 3.05) is 26.2 Å². The van der Waals surface area contributed by atoms with Gasteiger partial charge in [-0.3, -0.25) is 4.68 Å². The molecule has 1 N–H and O–H groups in total. The van der Waals surface area contributed by atoms with Crippen LogP contribution in [0.2, 0.25) is 0 Å². The molecule has 144 valence electrons. The zero-order valence-corrected chi connectivity index (χ0v) is 15.9. The van der Waals surface area contributed by atoms with Crippen LogP contribution in [0.15, 0.2) is 42.7 Å². The topological polar surface area (TPSA) is 53.4 Å². The second-order valence-electron chi connectivity index (χ2n) is 7.65. The van der Waals surface area contributed by atoms with Gasteiger partial charge in [0.15, 0.2) is 0 Å². The third-order valence-electron chi connectivity index (χ3n) is 5.73. The third-order valence-corrected chi connectivity index (χ3v) is 5.73. The first-order valence-electron chi connectivity index (χ1n) is 10.1. The van der Waals surface area contributed by atoms with E-state index in [0.29, 0.717) is 12.6 Å². The smallest absolute Gasteiger partial charge is 0.317 e. The molecule has 0 aliphatic carbocycles. The molecule has 2 aromatic rings. The van der Waals surface area contributed by atoms with Crippen molar-refractivity contribution in [1.29, 1.82) is 0 Å². The van der Waals surface area contributed by atoms with E-state index in [2.05, 4.69) is 27.4 Å². The molecule has 4 rings (SSSR count). The van der Waals surface area contributed by atoms with Crippen molar-refractivity contribution in [2.24, 2.45) is 0 Å². The van der Waals surface area contributed by atoms with E-state index < -0.39 is 0 Å². The molecule has 0 bridgehead atoms. The van der Waals surface area contributed by atoms with E-state index >= 15 is 0 Å². The summed E-state index contributed by atoms with van der Waals surface area (Å²) in [6, 6.07) is 11.0. The number of hydrogen-bond donors (Lipinski definition) is 1. The number of carbonyl (C=O) groups is 1. The summed E-state index contributed by atoms with van der Waals surface area (Å²) in [4.78, 5) is 17.0. The number of likely N-dealkylation sites (tertiary alicyclic amines) is 2. The second kappa shape index (κ2) is 8.57. The summed E-state index contributed by atoms with van der Waals surface area (Å²) in [5.74, 6) is 0. The Hall–Kier alpha value is -2.34. The van der Waals surface area contributed by atoms with Crippen molar-refractivity contribution in [3.63, 3.8) is 0 Å². The lowest BCUT2D eigenvalue weighted by Gasteiger charge is -2.36. The van der Waals surface area contributed by atoms with Gasteiger partial charge >= 0.3 is 6.03 Å². The largest absolute Gasteiger partial charge is 0.334 e. The van der Waals surface area contributed by atoms with E-state index in [0.717, 1.165) is 38.0 Å². The molecule has 0 saturated carbocycles. The summed E-state index contributed by atoms with van der Waals surface area (Å²) in [6.45, 7) is 5.48. The highest BCUT2D eigenvalue weighted by atomic mass is 16.2. The quantitative estimate of drug-likeness (QED) is 0.884. The Labute approximate surface area is 161 Å². The van der Waals surface area contributed by atoms with Crippen molar-refractivity contribution in [3.05, 3.63) is 53.9 Å². The van der Waals surface area contributed by atoms with E-state index in [1.807, 2.05) is 40.2 Å². The number of carbonyl (C=O) groups excluding carboxylic acids is 1. The van der Waals surface area contributed by atoms with Gasteiger partial charge in [0.1, 0.15) is 0 Å². The molecule has 0 atom stereocenters. The number of hydrogen-bond acceptors (Lipinski definition) is 3. The zero-order valence-electron chi connectivity index (χ0n) is 15.9. The van der Waals surface area contributed by atoms with Gasteiger partial charge < -0.3 is 15.1 Å². The lowest BCUT2D eigenvalue weighted by Crippen LogP contribution is -2.48. The van der Waals surface area contributed by atoms with Crippen molar-refractivity contribution < 1.29 is 4.79 Å². The maximum Gasteiger partial charge on any atom is 0.317 e. The summed E-state index contributed by atoms with van der Waals surface area (Å²) >= 11 is 0. The maximum atomic E-state index is 12.5. The van der Waals surface area contributed by atoms with E-state index in [-0.39, 0.29) is 6.03 Å². The number of nitrogens with one attached hydrogen (secondary N) is 1. The maximum absolute atomic E-state index is 12.5. The molecule has 1 aromatic heterocycles. The predicted octanol–water partition coefficient (Wildman–Crippen LogP) is 2.70. The van der Waals surface area contributed by atoms with Crippen LogP contribution in [-0.2, 0) is 13.1 Å². The molecule has 2 aliphatic heterocycles. The highest BCUT2D eigenvalue weighted by Gasteiger charge is 2.28. The lowest BCUT2D eigenvalue weighted by molar-refractivity contribution is 0.134. The van der Waals surface area contributed by atoms with Crippen molar-refractivity contribution in [3.8, 4) is 0 Å². The molecular formula is C21H29N5O. The molecule has 0 spiro atoms. The molecule has 2 fully saturated rings. The van der Waals surface area contributed by atoms with Gasteiger partial charge in [-0.05, 0) is 44.3 Å². The van der Waals surface area contributed by atoms with Crippen LogP contribution < -0.4 is 5.32 Å². The summed E-state index contributed by atoms with van der Waals surface area (Å²) in [7, 11) is 0. The zero-order chi connectivity index (χ0) is 18.5. The molecule has 2 amide bonds. The first-order valence-corrected chi connectivity index (χ1v) is 10.1. The summed E-state index contributed by atoms with van der Waals surface area (Å²) in [6.07, 6.45) is 8.71. The monoisotopic (exact) mass is 367 g/mol. The lowest BCUT2D eigenvalue weighted by atomic mass is 10.0. The van der Waals surface area contributed by atoms with Crippen molar-refractivity contribution in [1.82, 2.24) is 24.9 Å². The number of nitrogens with zero attached hydrogens (tertiary/aromatic N) is 4. The second-order valence-corrected chi connectivity index (χ2v) is 7.65. The molecule has 27 heavy (non-hydrogen) atoms. The number of urea groups is 1. The van der Waals surface area contributed by atoms with Gasteiger partial charge in [-0.25, -0.2) is 4.79 Å². The van der Waals surface area contributed by atoms with E-state index in [1.165, 1.54) is 31.5 Å². The molecule has 2 aliphatic rings. The average molecular weight is 367 g/mol. The van der Waals surface area contributed by atoms with Gasteiger partial charge in [0.2, 0.25) is 0 Å². The molecule has 6 nitrogen and oxygen atoms in total. The minimum atomic E-state index is 0.0469. The average Bonchev–Trinajstić information content (AvgIpc) is 3.39. The third kappa shape index (κ3) is 4.69. The Kier molecular flexibility index (Phi) is 5.72. The van der Waals surface area contributed by atoms with Crippen LogP contribution in [0.4, 0.5) is 4.79 Å². The fourth-order valence-corrected chi connectivity index (χ4v) is 4.18. The Morgan fingerprint density at radius 1 is 1.04 bits per heavy atom. The Bertz CT molecular complexity index is 730. The summed E-state index contributed by atoms with van der Waals surface area (Å²) in [5, 5.41) is 7.45. The number of aromatic nitrogens is 2. The summed E-state index contributed by atoms with van der Waals surface area (Å²) in [5.41, 5.74) is 2.25. The van der Waals surface area contributed by atoms with Gasteiger partial charge in [-0.15, -0.1) is 0 Å². The number of piperidine rings is 1. The van der Waals surface area contributed by atoms with Gasteiger partial charge in [0, 0.05) is 37.4 Å². The fourth-order valence-electron chi connectivity index (χ4n) is 4.18. The highest BCUT2D eigenvalue weighted by Crippen LogP contribution is 2.21. The van der Waals surface area contributed by atoms with Crippen molar-refractivity contribution >= 4 is 6.03 Å². The normalized spacial score (nSPS) is 18.7. The highest BCUT2D eigenvalue weighted by molar-refractivity contribution is 5.74. The van der Waals surface area contributed by atoms with Crippen LogP contribution in [0.5, 0.6) is 0 Å². The standard InChI is InChI=1S/C21H29N5O/c27-21(25-12-8-20(9-13-25)24-10-4-5-11-24)22-14-19-15-23-26(17-19)16-18-6-2-1-3-7-18/h1-3,6-7,15,17,20H,4-5,8-14,16H2,(H,22,27). The van der Waals surface area contributed by atoms with Crippen molar-refractivity contribution in [2.45, 2.75) is 44.8 Å². The van der Waals surface area contributed by atoms with Crippen LogP contribution in [0, 0.1) is 0 Å². The Morgan fingerprint density at radius 2 is 1.78 bits per heavy atom. The minimum Gasteiger partial charge on any atom is -0.334 e. The first kappa shape index (κ1) is 18.0. The fraction of sp³-hybridized carbons (Fsp3) is 0.524. The SMILES string of the molecule is O=C(NCc1cnn(Cc2ccccc2)c1)N1CCC(N2CCCC2)CC1. The van der Waals surface area contributed by atoms with Crippen LogP contribution in [0.25, 0.3) is 0 Å². The van der Waals surface area contributed by atoms with Crippen LogP contribution in [-0.4, -0.2) is 57.8 Å².